The van der Waals surface area contributed by atoms with Crippen molar-refractivity contribution < 1.29 is 14.2 Å². The molecule has 4 nitrogen and oxygen atoms in total. The number of ether oxygens (including phenoxy) is 3. The van der Waals surface area contributed by atoms with E-state index in [0.29, 0.717) is 6.61 Å². The molecule has 1 aromatic heterocycles. The predicted molar refractivity (Wildman–Crippen MR) is 132 cm³/mol. The van der Waals surface area contributed by atoms with Crippen molar-refractivity contribution in [2.24, 2.45) is 0 Å². The zero-order valence-electron chi connectivity index (χ0n) is 19.2. The van der Waals surface area contributed by atoms with E-state index < -0.39 is 0 Å². The monoisotopic (exact) mass is 437 g/mol. The van der Waals surface area contributed by atoms with Crippen LogP contribution in [0.25, 0.3) is 22.2 Å². The summed E-state index contributed by atoms with van der Waals surface area (Å²) >= 11 is 0. The molecule has 0 atom stereocenters. The number of hydrogen-bond acceptors (Lipinski definition) is 4. The zero-order valence-corrected chi connectivity index (χ0v) is 19.2. The van der Waals surface area contributed by atoms with Crippen molar-refractivity contribution in [1.29, 1.82) is 0 Å². The van der Waals surface area contributed by atoms with Crippen LogP contribution in [0, 0.1) is 0 Å². The van der Waals surface area contributed by atoms with E-state index in [1.807, 2.05) is 48.5 Å². The Morgan fingerprint density at radius 3 is 2.27 bits per heavy atom. The second-order valence-electron chi connectivity index (χ2n) is 8.88. The molecule has 3 aromatic carbocycles. The van der Waals surface area contributed by atoms with Crippen LogP contribution < -0.4 is 9.47 Å². The molecule has 0 unspecified atom stereocenters. The molecule has 2 heterocycles. The van der Waals surface area contributed by atoms with Crippen LogP contribution in [0.15, 0.2) is 84.9 Å². The average molecular weight is 438 g/mol. The van der Waals surface area contributed by atoms with Gasteiger partial charge in [0.2, 0.25) is 0 Å². The van der Waals surface area contributed by atoms with Crippen molar-refractivity contribution in [3.05, 3.63) is 102 Å². The van der Waals surface area contributed by atoms with Gasteiger partial charge in [0.25, 0.3) is 0 Å². The minimum absolute atomic E-state index is 0.248. The maximum atomic E-state index is 6.37. The lowest BCUT2D eigenvalue weighted by molar-refractivity contribution is 0.101. The number of rotatable bonds is 6. The molecule has 4 heteroatoms. The molecule has 0 fully saturated rings. The van der Waals surface area contributed by atoms with Crippen LogP contribution in [0.4, 0.5) is 0 Å². The van der Waals surface area contributed by atoms with Gasteiger partial charge in [0.1, 0.15) is 29.5 Å². The van der Waals surface area contributed by atoms with Gasteiger partial charge in [-0.05, 0) is 67.9 Å². The largest absolute Gasteiger partial charge is 0.497 e. The minimum Gasteiger partial charge on any atom is -0.497 e. The van der Waals surface area contributed by atoms with Gasteiger partial charge in [-0.3, -0.25) is 0 Å². The van der Waals surface area contributed by atoms with Gasteiger partial charge in [0.15, 0.2) is 0 Å². The molecule has 166 valence electrons. The molecule has 1 aliphatic rings. The molecule has 0 saturated carbocycles. The van der Waals surface area contributed by atoms with Crippen LogP contribution in [0.2, 0.25) is 0 Å². The number of benzene rings is 3. The van der Waals surface area contributed by atoms with Crippen LogP contribution in [0.3, 0.4) is 0 Å². The SMILES string of the molecule is COc1ccc(C2=C(c3ccc(OCc4ccc5ccccc5n4)cc3)OC(C)(C)C2)cc1. The van der Waals surface area contributed by atoms with Gasteiger partial charge in [-0.15, -0.1) is 0 Å². The van der Waals surface area contributed by atoms with E-state index in [1.165, 1.54) is 5.57 Å². The summed E-state index contributed by atoms with van der Waals surface area (Å²) < 4.78 is 17.7. The zero-order chi connectivity index (χ0) is 22.8. The summed E-state index contributed by atoms with van der Waals surface area (Å²) in [4.78, 5) is 4.68. The van der Waals surface area contributed by atoms with Crippen molar-refractivity contribution in [2.45, 2.75) is 32.5 Å². The van der Waals surface area contributed by atoms with E-state index in [0.717, 1.165) is 51.4 Å². The number of methoxy groups -OCH3 is 1. The fourth-order valence-corrected chi connectivity index (χ4v) is 4.19. The lowest BCUT2D eigenvalue weighted by Crippen LogP contribution is -2.17. The Morgan fingerprint density at radius 2 is 1.52 bits per heavy atom. The van der Waals surface area contributed by atoms with Crippen LogP contribution in [0.1, 0.15) is 37.1 Å². The summed E-state index contributed by atoms with van der Waals surface area (Å²) in [5.74, 6) is 2.58. The maximum Gasteiger partial charge on any atom is 0.131 e. The van der Waals surface area contributed by atoms with Gasteiger partial charge in [0.05, 0.1) is 18.3 Å². The highest BCUT2D eigenvalue weighted by Gasteiger charge is 2.33. The van der Waals surface area contributed by atoms with E-state index in [9.17, 15) is 0 Å². The lowest BCUT2D eigenvalue weighted by Gasteiger charge is -2.19. The molecule has 0 N–H and O–H groups in total. The summed E-state index contributed by atoms with van der Waals surface area (Å²) in [6.07, 6.45) is 0.848. The molecule has 0 aliphatic carbocycles. The van der Waals surface area contributed by atoms with Crippen LogP contribution >= 0.6 is 0 Å². The Labute approximate surface area is 194 Å². The molecule has 4 aromatic rings. The normalized spacial score (nSPS) is 14.9. The predicted octanol–water partition coefficient (Wildman–Crippen LogP) is 6.89. The van der Waals surface area contributed by atoms with Gasteiger partial charge in [-0.1, -0.05) is 36.4 Å². The molecular weight excluding hydrogens is 410 g/mol. The first kappa shape index (κ1) is 21.1. The highest BCUT2D eigenvalue weighted by atomic mass is 16.5. The van der Waals surface area contributed by atoms with Crippen molar-refractivity contribution in [1.82, 2.24) is 4.98 Å². The first-order valence-corrected chi connectivity index (χ1v) is 11.2. The topological polar surface area (TPSA) is 40.6 Å². The molecular formula is C29H27NO3. The molecule has 0 amide bonds. The third-order valence-corrected chi connectivity index (χ3v) is 5.85. The van der Waals surface area contributed by atoms with Gasteiger partial charge in [-0.25, -0.2) is 4.98 Å². The van der Waals surface area contributed by atoms with E-state index in [2.05, 4.69) is 55.2 Å². The second-order valence-corrected chi connectivity index (χ2v) is 8.88. The summed E-state index contributed by atoms with van der Waals surface area (Å²) in [6, 6.07) is 28.4. The first-order valence-electron chi connectivity index (χ1n) is 11.2. The quantitative estimate of drug-likeness (QED) is 0.329. The van der Waals surface area contributed by atoms with E-state index in [4.69, 9.17) is 14.2 Å². The third kappa shape index (κ3) is 4.56. The Morgan fingerprint density at radius 1 is 0.818 bits per heavy atom. The fraction of sp³-hybridized carbons (Fsp3) is 0.207. The van der Waals surface area contributed by atoms with Crippen molar-refractivity contribution in [3.63, 3.8) is 0 Å². The number of fused-ring (bicyclic) bond motifs is 1. The van der Waals surface area contributed by atoms with Crippen LogP contribution in [-0.4, -0.2) is 17.7 Å². The van der Waals surface area contributed by atoms with Crippen molar-refractivity contribution in [3.8, 4) is 11.5 Å². The summed E-state index contributed by atoms with van der Waals surface area (Å²) in [6.45, 7) is 4.67. The molecule has 33 heavy (non-hydrogen) atoms. The highest BCUT2D eigenvalue weighted by Crippen LogP contribution is 2.44. The van der Waals surface area contributed by atoms with Gasteiger partial charge in [-0.2, -0.15) is 0 Å². The Kier molecular flexibility index (Phi) is 5.51. The van der Waals surface area contributed by atoms with Gasteiger partial charge in [0, 0.05) is 22.9 Å². The minimum atomic E-state index is -0.248. The van der Waals surface area contributed by atoms with Gasteiger partial charge < -0.3 is 14.2 Å². The Hall–Kier alpha value is -3.79. The summed E-state index contributed by atoms with van der Waals surface area (Å²) in [5, 5.41) is 1.13. The lowest BCUT2D eigenvalue weighted by atomic mass is 9.94. The van der Waals surface area contributed by atoms with E-state index in [-0.39, 0.29) is 5.60 Å². The fourth-order valence-electron chi connectivity index (χ4n) is 4.19. The third-order valence-electron chi connectivity index (χ3n) is 5.85. The first-order chi connectivity index (χ1) is 16.0. The molecule has 5 rings (SSSR count). The maximum absolute atomic E-state index is 6.37. The van der Waals surface area contributed by atoms with Crippen LogP contribution in [-0.2, 0) is 11.3 Å². The van der Waals surface area contributed by atoms with E-state index >= 15 is 0 Å². The Balaban J connectivity index is 1.35. The standard InChI is InChI=1S/C29H27NO3/c1-29(2)18-26(20-9-14-24(31-3)15-10-20)28(33-29)22-11-16-25(17-12-22)32-19-23-13-8-21-6-4-5-7-27(21)30-23/h4-17H,18-19H2,1-3H3. The molecule has 1 aliphatic heterocycles. The van der Waals surface area contributed by atoms with Crippen molar-refractivity contribution in [2.75, 3.05) is 7.11 Å². The number of hydrogen-bond donors (Lipinski definition) is 0. The van der Waals surface area contributed by atoms with Crippen molar-refractivity contribution >= 4 is 22.2 Å². The Bertz CT molecular complexity index is 1310. The average Bonchev–Trinajstić information content (AvgIpc) is 3.18. The number of nitrogens with zero attached hydrogens (tertiary/aromatic N) is 1. The van der Waals surface area contributed by atoms with E-state index in [1.54, 1.807) is 7.11 Å². The molecule has 0 spiro atoms. The second kappa shape index (κ2) is 8.62. The number of pyridine rings is 1. The molecule has 0 radical (unpaired) electrons. The molecule has 0 saturated heterocycles. The number of para-hydroxylation sites is 1. The van der Waals surface area contributed by atoms with Crippen LogP contribution in [0.5, 0.6) is 11.5 Å². The smallest absolute Gasteiger partial charge is 0.131 e. The summed E-state index contributed by atoms with van der Waals surface area (Å²) in [7, 11) is 1.68. The molecule has 0 bridgehead atoms. The highest BCUT2D eigenvalue weighted by molar-refractivity contribution is 5.90. The number of aromatic nitrogens is 1. The summed E-state index contributed by atoms with van der Waals surface area (Å²) in [5.41, 5.74) is 5.04. The van der Waals surface area contributed by atoms with Gasteiger partial charge >= 0.3 is 0 Å².